The van der Waals surface area contributed by atoms with E-state index in [1.807, 2.05) is 0 Å². The minimum atomic E-state index is -0.813. The van der Waals surface area contributed by atoms with E-state index in [2.05, 4.69) is 11.9 Å². The number of nitrogens with zero attached hydrogens (tertiary/aromatic N) is 2. The summed E-state index contributed by atoms with van der Waals surface area (Å²) in [7, 11) is 3.86. The van der Waals surface area contributed by atoms with E-state index in [-0.39, 0.29) is 30.7 Å². The summed E-state index contributed by atoms with van der Waals surface area (Å²) in [6.07, 6.45) is 4.36. The molecule has 0 unspecified atom stereocenters. The third-order valence-corrected chi connectivity index (χ3v) is 3.92. The number of nitrogens with two attached hydrogens (primary N) is 1. The molecule has 122 valence electrons. The third-order valence-electron chi connectivity index (χ3n) is 3.92. The minimum absolute atomic E-state index is 0. The Morgan fingerprint density at radius 1 is 1.25 bits per heavy atom. The molecule has 2 atom stereocenters. The van der Waals surface area contributed by atoms with Crippen LogP contribution in [0.3, 0.4) is 0 Å². The van der Waals surface area contributed by atoms with Crippen LogP contribution in [0.5, 0.6) is 0 Å². The molecule has 0 heterocycles. The molecule has 0 spiro atoms. The van der Waals surface area contributed by atoms with E-state index >= 15 is 0 Å². The number of aliphatic hydroxyl groups excluding tert-OH is 1. The molecule has 0 radical (unpaired) electrons. The molecule has 1 saturated carbocycles. The smallest absolute Gasteiger partial charge is 0.241 e. The lowest BCUT2D eigenvalue weighted by Gasteiger charge is -2.28. The second-order valence-corrected chi connectivity index (χ2v) is 5.45. The summed E-state index contributed by atoms with van der Waals surface area (Å²) in [4.78, 5) is 15.8. The zero-order chi connectivity index (χ0) is 13.7. The van der Waals surface area contributed by atoms with Crippen molar-refractivity contribution in [3.63, 3.8) is 0 Å². The van der Waals surface area contributed by atoms with Gasteiger partial charge in [-0.25, -0.2) is 0 Å². The Labute approximate surface area is 134 Å². The van der Waals surface area contributed by atoms with Gasteiger partial charge in [0.05, 0.1) is 6.10 Å². The highest BCUT2D eigenvalue weighted by Crippen LogP contribution is 2.21. The molecule has 1 aliphatic carbocycles. The van der Waals surface area contributed by atoms with Crippen molar-refractivity contribution in [3.8, 4) is 0 Å². The van der Waals surface area contributed by atoms with E-state index < -0.39 is 12.1 Å². The number of aliphatic hydroxyl groups is 1. The van der Waals surface area contributed by atoms with Crippen LogP contribution in [0.15, 0.2) is 0 Å². The van der Waals surface area contributed by atoms with Gasteiger partial charge < -0.3 is 20.6 Å². The molecule has 7 heteroatoms. The number of halogens is 2. The van der Waals surface area contributed by atoms with Gasteiger partial charge in [-0.1, -0.05) is 12.8 Å². The molecule has 0 aromatic rings. The van der Waals surface area contributed by atoms with E-state index in [0.717, 1.165) is 6.54 Å². The number of amides is 1. The van der Waals surface area contributed by atoms with E-state index in [9.17, 15) is 9.90 Å². The van der Waals surface area contributed by atoms with Gasteiger partial charge in [0.25, 0.3) is 0 Å². The molecule has 1 amide bonds. The number of rotatable bonds is 6. The Hall–Kier alpha value is -0.0700. The molecule has 20 heavy (non-hydrogen) atoms. The molecule has 3 N–H and O–H groups in total. The van der Waals surface area contributed by atoms with E-state index in [1.54, 1.807) is 18.9 Å². The minimum Gasteiger partial charge on any atom is -0.391 e. The molecule has 0 bridgehead atoms. The topological polar surface area (TPSA) is 69.8 Å². The highest BCUT2D eigenvalue weighted by Gasteiger charge is 2.24. The molecule has 1 fully saturated rings. The van der Waals surface area contributed by atoms with Gasteiger partial charge in [0, 0.05) is 26.2 Å². The highest BCUT2D eigenvalue weighted by atomic mass is 35.5. The second-order valence-electron chi connectivity index (χ2n) is 5.45. The van der Waals surface area contributed by atoms with Crippen LogP contribution in [-0.4, -0.2) is 66.2 Å². The zero-order valence-electron chi connectivity index (χ0n) is 12.6. The zero-order valence-corrected chi connectivity index (χ0v) is 14.3. The predicted molar refractivity (Wildman–Crippen MR) is 86.7 cm³/mol. The maximum atomic E-state index is 11.8. The normalized spacial score (nSPS) is 18.1. The number of hydrogen-bond donors (Lipinski definition) is 2. The fraction of sp³-hybridized carbons (Fsp3) is 0.923. The van der Waals surface area contributed by atoms with Crippen molar-refractivity contribution in [3.05, 3.63) is 0 Å². The third kappa shape index (κ3) is 6.59. The van der Waals surface area contributed by atoms with Crippen LogP contribution >= 0.6 is 24.8 Å². The van der Waals surface area contributed by atoms with E-state index in [1.165, 1.54) is 25.7 Å². The first kappa shape index (κ1) is 22.2. The number of hydrogen-bond acceptors (Lipinski definition) is 4. The number of likely N-dealkylation sites (N-methyl/N-ethyl adjacent to an activating group) is 2. The molecular weight excluding hydrogens is 301 g/mol. The van der Waals surface area contributed by atoms with Crippen LogP contribution in [0.4, 0.5) is 0 Å². The fourth-order valence-corrected chi connectivity index (χ4v) is 2.41. The summed E-state index contributed by atoms with van der Waals surface area (Å²) in [6, 6.07) is -0.147. The molecule has 1 rings (SSSR count). The maximum Gasteiger partial charge on any atom is 0.241 e. The van der Waals surface area contributed by atoms with Crippen molar-refractivity contribution < 1.29 is 9.90 Å². The standard InChI is InChI=1S/C13H27N3O2.2ClH/c1-10(17)12(14)13(18)16(3)9-8-15(2)11-6-4-5-7-11;;/h10-12,17H,4-9,14H2,1-3H3;2*1H/t10-,12+;;/m1../s1. The maximum absolute atomic E-state index is 11.8. The second kappa shape index (κ2) is 10.6. The Morgan fingerprint density at radius 2 is 1.75 bits per heavy atom. The first-order chi connectivity index (χ1) is 8.43. The molecule has 0 aromatic heterocycles. The van der Waals surface area contributed by atoms with Crippen molar-refractivity contribution in [1.82, 2.24) is 9.80 Å². The lowest BCUT2D eigenvalue weighted by molar-refractivity contribution is -0.133. The summed E-state index contributed by atoms with van der Waals surface area (Å²) < 4.78 is 0. The van der Waals surface area contributed by atoms with Crippen LogP contribution in [0.2, 0.25) is 0 Å². The van der Waals surface area contributed by atoms with Crippen molar-refractivity contribution >= 4 is 30.7 Å². The molecule has 0 aromatic carbocycles. The lowest BCUT2D eigenvalue weighted by atomic mass is 10.1. The van der Waals surface area contributed by atoms with Gasteiger partial charge >= 0.3 is 0 Å². The Kier molecular flexibility index (Phi) is 11.8. The Bertz CT molecular complexity index is 274. The SMILES string of the molecule is C[C@@H](O)[C@H](N)C(=O)N(C)CCN(C)C1CCCC1.Cl.Cl. The van der Waals surface area contributed by atoms with Crippen molar-refractivity contribution in [2.45, 2.75) is 50.8 Å². The Morgan fingerprint density at radius 3 is 2.20 bits per heavy atom. The van der Waals surface area contributed by atoms with Crippen LogP contribution in [-0.2, 0) is 4.79 Å². The lowest BCUT2D eigenvalue weighted by Crippen LogP contribution is -2.49. The van der Waals surface area contributed by atoms with Crippen LogP contribution < -0.4 is 5.73 Å². The van der Waals surface area contributed by atoms with Crippen molar-refractivity contribution in [1.29, 1.82) is 0 Å². The number of carbonyl (C=O) groups excluding carboxylic acids is 1. The summed E-state index contributed by atoms with van der Waals surface area (Å²) in [5.41, 5.74) is 5.63. The van der Waals surface area contributed by atoms with Gasteiger partial charge in [0.1, 0.15) is 6.04 Å². The highest BCUT2D eigenvalue weighted by molar-refractivity contribution is 5.85. The Balaban J connectivity index is 0. The van der Waals surface area contributed by atoms with Gasteiger partial charge in [-0.15, -0.1) is 24.8 Å². The molecule has 1 aliphatic rings. The quantitative estimate of drug-likeness (QED) is 0.758. The average Bonchev–Trinajstić information content (AvgIpc) is 2.87. The van der Waals surface area contributed by atoms with E-state index in [4.69, 9.17) is 5.73 Å². The number of carbonyl (C=O) groups is 1. The van der Waals surface area contributed by atoms with Gasteiger partial charge in [-0.2, -0.15) is 0 Å². The molecule has 0 saturated heterocycles. The average molecular weight is 330 g/mol. The molecule has 0 aliphatic heterocycles. The molecular formula is C13H29Cl2N3O2. The van der Waals surface area contributed by atoms with Gasteiger partial charge in [-0.05, 0) is 26.8 Å². The summed E-state index contributed by atoms with van der Waals surface area (Å²) in [6.45, 7) is 3.06. The van der Waals surface area contributed by atoms with Crippen molar-refractivity contribution in [2.24, 2.45) is 5.73 Å². The molecule has 5 nitrogen and oxygen atoms in total. The summed E-state index contributed by atoms with van der Waals surface area (Å²) in [5.74, 6) is -0.190. The fourth-order valence-electron chi connectivity index (χ4n) is 2.41. The van der Waals surface area contributed by atoms with Gasteiger partial charge in [-0.3, -0.25) is 4.79 Å². The van der Waals surface area contributed by atoms with Gasteiger partial charge in [0.2, 0.25) is 5.91 Å². The summed E-state index contributed by atoms with van der Waals surface area (Å²) >= 11 is 0. The predicted octanol–water partition coefficient (Wildman–Crippen LogP) is 0.871. The van der Waals surface area contributed by atoms with Gasteiger partial charge in [0.15, 0.2) is 0 Å². The largest absolute Gasteiger partial charge is 0.391 e. The van der Waals surface area contributed by atoms with E-state index in [0.29, 0.717) is 12.6 Å². The van der Waals surface area contributed by atoms with Crippen LogP contribution in [0.25, 0.3) is 0 Å². The van der Waals surface area contributed by atoms with Crippen LogP contribution in [0, 0.1) is 0 Å². The van der Waals surface area contributed by atoms with Crippen LogP contribution in [0.1, 0.15) is 32.6 Å². The first-order valence-corrected chi connectivity index (χ1v) is 6.82. The monoisotopic (exact) mass is 329 g/mol. The first-order valence-electron chi connectivity index (χ1n) is 6.82. The summed E-state index contributed by atoms with van der Waals surface area (Å²) in [5, 5.41) is 9.31. The van der Waals surface area contributed by atoms with Crippen molar-refractivity contribution in [2.75, 3.05) is 27.2 Å².